The van der Waals surface area contributed by atoms with Crippen molar-refractivity contribution in [3.05, 3.63) is 71.3 Å². The van der Waals surface area contributed by atoms with E-state index in [0.29, 0.717) is 31.4 Å². The van der Waals surface area contributed by atoms with Crippen LogP contribution in [-0.2, 0) is 36.9 Å². The van der Waals surface area contributed by atoms with Crippen LogP contribution in [0, 0.1) is 0 Å². The number of carbonyl (C=O) groups is 4. The molecule has 0 bridgehead atoms. The summed E-state index contributed by atoms with van der Waals surface area (Å²) < 4.78 is 4.92. The Hall–Kier alpha value is -3.72. The molecule has 0 unspecified atom stereocenters. The van der Waals surface area contributed by atoms with Crippen molar-refractivity contribution in [2.75, 3.05) is 7.11 Å². The van der Waals surface area contributed by atoms with Crippen LogP contribution in [0.1, 0.15) is 61.3 Å². The molecule has 36 heavy (non-hydrogen) atoms. The molecule has 1 aliphatic heterocycles. The van der Waals surface area contributed by atoms with Crippen LogP contribution in [0.2, 0.25) is 0 Å². The summed E-state index contributed by atoms with van der Waals surface area (Å²) >= 11 is 0. The van der Waals surface area contributed by atoms with Crippen LogP contribution in [0.4, 0.5) is 0 Å². The minimum Gasteiger partial charge on any atom is -0.467 e. The second-order valence-corrected chi connectivity index (χ2v) is 8.83. The van der Waals surface area contributed by atoms with Crippen molar-refractivity contribution in [3.8, 4) is 0 Å². The van der Waals surface area contributed by atoms with Crippen molar-refractivity contribution in [3.63, 3.8) is 0 Å². The Kier molecular flexibility index (Phi) is 10.00. The lowest BCUT2D eigenvalue weighted by Crippen LogP contribution is -2.53. The first-order chi connectivity index (χ1) is 17.4. The molecule has 0 aromatic heterocycles. The molecular formula is C27H33N3O6. The number of nitrogens with one attached hydrogen (secondary N) is 2. The summed E-state index contributed by atoms with van der Waals surface area (Å²) in [7, 11) is 1.27. The van der Waals surface area contributed by atoms with Gasteiger partial charge in [-0.1, -0.05) is 67.4 Å². The fourth-order valence-electron chi connectivity index (χ4n) is 4.41. The van der Waals surface area contributed by atoms with Crippen molar-refractivity contribution in [1.82, 2.24) is 15.7 Å². The van der Waals surface area contributed by atoms with E-state index in [1.807, 2.05) is 30.3 Å². The molecule has 3 amide bonds. The largest absolute Gasteiger partial charge is 0.467 e. The number of carbonyl (C=O) groups excluding carboxylic acids is 4. The van der Waals surface area contributed by atoms with Gasteiger partial charge >= 0.3 is 5.97 Å². The zero-order chi connectivity index (χ0) is 25.9. The lowest BCUT2D eigenvalue weighted by Gasteiger charge is -2.36. The summed E-state index contributed by atoms with van der Waals surface area (Å²) in [6, 6.07) is 14.9. The zero-order valence-electron chi connectivity index (χ0n) is 20.4. The molecule has 2 aromatic rings. The zero-order valence-corrected chi connectivity index (χ0v) is 20.4. The minimum atomic E-state index is -0.978. The molecule has 0 aliphatic carbocycles. The van der Waals surface area contributed by atoms with Gasteiger partial charge in [-0.15, -0.1) is 0 Å². The molecule has 0 radical (unpaired) electrons. The van der Waals surface area contributed by atoms with Gasteiger partial charge in [-0.25, -0.2) is 10.3 Å². The SMILES string of the molecule is COC(=O)[C@@H](NC(=O)[C@@H]1Cc2ccccc2CN1C(=O)CCCCCCC(=O)NO)c1ccccc1. The number of amides is 3. The molecule has 0 spiro atoms. The fourth-order valence-corrected chi connectivity index (χ4v) is 4.41. The van der Waals surface area contributed by atoms with Gasteiger partial charge in [0.2, 0.25) is 17.7 Å². The number of hydroxylamine groups is 1. The third kappa shape index (κ3) is 7.14. The van der Waals surface area contributed by atoms with Crippen LogP contribution in [0.15, 0.2) is 54.6 Å². The Bertz CT molecular complexity index is 1060. The summed E-state index contributed by atoms with van der Waals surface area (Å²) in [4.78, 5) is 51.8. The number of ether oxygens (including phenoxy) is 1. The highest BCUT2D eigenvalue weighted by atomic mass is 16.5. The van der Waals surface area contributed by atoms with E-state index < -0.39 is 29.9 Å². The van der Waals surface area contributed by atoms with E-state index in [2.05, 4.69) is 5.32 Å². The van der Waals surface area contributed by atoms with Gasteiger partial charge in [0.15, 0.2) is 6.04 Å². The number of esters is 1. The normalized spacial score (nSPS) is 15.4. The van der Waals surface area contributed by atoms with E-state index in [0.717, 1.165) is 24.0 Å². The first-order valence-corrected chi connectivity index (χ1v) is 12.2. The molecule has 0 saturated carbocycles. The number of benzene rings is 2. The van der Waals surface area contributed by atoms with E-state index in [1.54, 1.807) is 34.6 Å². The van der Waals surface area contributed by atoms with Gasteiger partial charge in [0.1, 0.15) is 6.04 Å². The molecule has 3 N–H and O–H groups in total. The number of hydrogen-bond donors (Lipinski definition) is 3. The Morgan fingerprint density at radius 2 is 1.58 bits per heavy atom. The highest BCUT2D eigenvalue weighted by Gasteiger charge is 2.36. The molecule has 0 fully saturated rings. The smallest absolute Gasteiger partial charge is 0.333 e. The van der Waals surface area contributed by atoms with E-state index in [1.165, 1.54) is 7.11 Å². The second kappa shape index (κ2) is 13.4. The van der Waals surface area contributed by atoms with Gasteiger partial charge in [-0.05, 0) is 29.5 Å². The lowest BCUT2D eigenvalue weighted by molar-refractivity contribution is -0.147. The number of fused-ring (bicyclic) bond motifs is 1. The maximum atomic E-state index is 13.5. The quantitative estimate of drug-likeness (QED) is 0.191. The number of methoxy groups -OCH3 is 1. The van der Waals surface area contributed by atoms with Gasteiger partial charge in [0.25, 0.3) is 0 Å². The Balaban J connectivity index is 1.69. The monoisotopic (exact) mass is 495 g/mol. The Labute approximate surface area is 210 Å². The molecule has 9 heteroatoms. The molecule has 1 aliphatic rings. The van der Waals surface area contributed by atoms with E-state index >= 15 is 0 Å². The average molecular weight is 496 g/mol. The summed E-state index contributed by atoms with van der Waals surface area (Å²) in [5, 5.41) is 11.4. The number of hydrogen-bond acceptors (Lipinski definition) is 6. The highest BCUT2D eigenvalue weighted by Crippen LogP contribution is 2.26. The van der Waals surface area contributed by atoms with Gasteiger partial charge in [-0.3, -0.25) is 19.6 Å². The summed E-state index contributed by atoms with van der Waals surface area (Å²) in [5.74, 6) is -1.55. The first-order valence-electron chi connectivity index (χ1n) is 12.2. The first kappa shape index (κ1) is 26.9. The lowest BCUT2D eigenvalue weighted by atomic mass is 9.92. The van der Waals surface area contributed by atoms with Gasteiger partial charge < -0.3 is 15.0 Å². The maximum absolute atomic E-state index is 13.5. The van der Waals surface area contributed by atoms with Crippen LogP contribution < -0.4 is 10.8 Å². The topological polar surface area (TPSA) is 125 Å². The summed E-state index contributed by atoms with van der Waals surface area (Å²) in [6.07, 6.45) is 3.62. The van der Waals surface area contributed by atoms with Crippen molar-refractivity contribution in [1.29, 1.82) is 0 Å². The molecule has 9 nitrogen and oxygen atoms in total. The third-order valence-electron chi connectivity index (χ3n) is 6.40. The van der Waals surface area contributed by atoms with Crippen LogP contribution in [0.25, 0.3) is 0 Å². The standard InChI is InChI=1S/C27H33N3O6/c1-36-27(34)25(19-11-5-4-6-12-19)28-26(33)22-17-20-13-9-10-14-21(20)18-30(22)24(32)16-8-3-2-7-15-23(31)29-35/h4-6,9-14,22,25,35H,2-3,7-8,15-18H2,1H3,(H,28,33)(H,29,31)/t22-,25-/m0/s1. The second-order valence-electron chi connectivity index (χ2n) is 8.83. The number of nitrogens with zero attached hydrogens (tertiary/aromatic N) is 1. The van der Waals surface area contributed by atoms with Crippen LogP contribution in [0.3, 0.4) is 0 Å². The summed E-state index contributed by atoms with van der Waals surface area (Å²) in [6.45, 7) is 0.317. The molecular weight excluding hydrogens is 462 g/mol. The molecule has 2 atom stereocenters. The van der Waals surface area contributed by atoms with E-state index in [9.17, 15) is 19.2 Å². The molecule has 192 valence electrons. The third-order valence-corrected chi connectivity index (χ3v) is 6.40. The predicted octanol–water partition coefficient (Wildman–Crippen LogP) is 2.82. The molecule has 0 saturated heterocycles. The number of rotatable bonds is 11. The van der Waals surface area contributed by atoms with E-state index in [-0.39, 0.29) is 18.7 Å². The van der Waals surface area contributed by atoms with Gasteiger partial charge in [-0.2, -0.15) is 0 Å². The van der Waals surface area contributed by atoms with Crippen molar-refractivity contribution >= 4 is 23.7 Å². The van der Waals surface area contributed by atoms with Crippen LogP contribution >= 0.6 is 0 Å². The fraction of sp³-hybridized carbons (Fsp3) is 0.407. The van der Waals surface area contributed by atoms with Crippen LogP contribution in [-0.4, -0.2) is 46.9 Å². The number of unbranched alkanes of at least 4 members (excludes halogenated alkanes) is 3. The highest BCUT2D eigenvalue weighted by molar-refractivity contribution is 5.91. The Morgan fingerprint density at radius 1 is 0.944 bits per heavy atom. The minimum absolute atomic E-state index is 0.132. The van der Waals surface area contributed by atoms with Crippen molar-refractivity contribution in [2.45, 2.75) is 63.6 Å². The van der Waals surface area contributed by atoms with Crippen molar-refractivity contribution < 1.29 is 29.1 Å². The van der Waals surface area contributed by atoms with E-state index in [4.69, 9.17) is 9.94 Å². The van der Waals surface area contributed by atoms with Gasteiger partial charge in [0, 0.05) is 25.8 Å². The molecule has 1 heterocycles. The average Bonchev–Trinajstić information content (AvgIpc) is 2.92. The Morgan fingerprint density at radius 3 is 2.25 bits per heavy atom. The molecule has 3 rings (SSSR count). The van der Waals surface area contributed by atoms with Crippen LogP contribution in [0.5, 0.6) is 0 Å². The predicted molar refractivity (Wildman–Crippen MR) is 131 cm³/mol. The van der Waals surface area contributed by atoms with Crippen molar-refractivity contribution in [2.24, 2.45) is 0 Å². The summed E-state index contributed by atoms with van der Waals surface area (Å²) in [5.41, 5.74) is 4.20. The van der Waals surface area contributed by atoms with Gasteiger partial charge in [0.05, 0.1) is 7.11 Å². The molecule has 2 aromatic carbocycles. The maximum Gasteiger partial charge on any atom is 0.333 e.